The summed E-state index contributed by atoms with van der Waals surface area (Å²) in [5.41, 5.74) is 1.66. The van der Waals surface area contributed by atoms with Crippen LogP contribution in [0.3, 0.4) is 0 Å². The van der Waals surface area contributed by atoms with Gasteiger partial charge in [-0.25, -0.2) is 0 Å². The summed E-state index contributed by atoms with van der Waals surface area (Å²) in [5.74, 6) is 0.733. The molecule has 1 aromatic carbocycles. The van der Waals surface area contributed by atoms with E-state index in [-0.39, 0.29) is 17.7 Å². The third kappa shape index (κ3) is 2.50. The first-order valence-electron chi connectivity index (χ1n) is 7.43. The number of hydrogen-bond donors (Lipinski definition) is 1. The number of amides is 1. The van der Waals surface area contributed by atoms with Crippen LogP contribution in [-0.2, 0) is 0 Å². The van der Waals surface area contributed by atoms with Gasteiger partial charge in [-0.2, -0.15) is 10.1 Å². The molecule has 3 heterocycles. The monoisotopic (exact) mass is 309 g/mol. The van der Waals surface area contributed by atoms with Gasteiger partial charge in [0.05, 0.1) is 0 Å². The topological polar surface area (TPSA) is 87.9 Å². The summed E-state index contributed by atoms with van der Waals surface area (Å²) in [6.45, 7) is 1.16. The van der Waals surface area contributed by atoms with Crippen molar-refractivity contribution in [1.29, 1.82) is 0 Å². The molecule has 1 saturated heterocycles. The summed E-state index contributed by atoms with van der Waals surface area (Å²) in [6.07, 6.45) is 2.91. The van der Waals surface area contributed by atoms with Crippen LogP contribution < -0.4 is 0 Å². The molecule has 1 amide bonds. The minimum atomic E-state index is -0.0607. The number of carbonyl (C=O) groups excluding carboxylic acids is 1. The molecule has 4 rings (SSSR count). The molecule has 23 heavy (non-hydrogen) atoms. The Labute approximate surface area is 132 Å². The molecule has 7 heteroatoms. The third-order valence-electron chi connectivity index (χ3n) is 4.28. The lowest BCUT2D eigenvalue weighted by atomic mass is 9.88. The second-order valence-corrected chi connectivity index (χ2v) is 5.59. The molecule has 0 unspecified atom stereocenters. The lowest BCUT2D eigenvalue weighted by Gasteiger charge is -2.15. The molecule has 1 aliphatic rings. The van der Waals surface area contributed by atoms with Gasteiger partial charge in [0.25, 0.3) is 5.91 Å². The molecule has 0 saturated carbocycles. The van der Waals surface area contributed by atoms with E-state index < -0.39 is 0 Å². The van der Waals surface area contributed by atoms with Crippen molar-refractivity contribution >= 4 is 5.91 Å². The van der Waals surface area contributed by atoms with Crippen molar-refractivity contribution < 1.29 is 9.32 Å². The summed E-state index contributed by atoms with van der Waals surface area (Å²) in [6, 6.07) is 11.8. The zero-order chi connectivity index (χ0) is 15.6. The van der Waals surface area contributed by atoms with Crippen LogP contribution in [0, 0.1) is 0 Å². The Morgan fingerprint density at radius 3 is 2.70 bits per heavy atom. The quantitative estimate of drug-likeness (QED) is 0.797. The summed E-state index contributed by atoms with van der Waals surface area (Å²) in [4.78, 5) is 18.6. The Balaban J connectivity index is 1.65. The van der Waals surface area contributed by atoms with Gasteiger partial charge in [-0.1, -0.05) is 35.5 Å². The van der Waals surface area contributed by atoms with Crippen LogP contribution in [0.15, 0.2) is 53.5 Å². The standard InChI is InChI=1S/C16H15N5O2/c22-16(14-6-7-18-19-14)21-8-12(11-4-2-1-3-5-11)13(9-21)15-17-10-23-20-15/h1-7,10,12-13H,8-9H2,(H,18,19)/t12-,13+/m0/s1. The van der Waals surface area contributed by atoms with E-state index in [1.807, 2.05) is 23.1 Å². The van der Waals surface area contributed by atoms with Gasteiger partial charge in [0.2, 0.25) is 6.39 Å². The molecule has 7 nitrogen and oxygen atoms in total. The first kappa shape index (κ1) is 13.7. The van der Waals surface area contributed by atoms with Gasteiger partial charge in [0, 0.05) is 31.1 Å². The van der Waals surface area contributed by atoms with Crippen molar-refractivity contribution in [3.8, 4) is 0 Å². The van der Waals surface area contributed by atoms with E-state index in [4.69, 9.17) is 4.52 Å². The average Bonchev–Trinajstić information content (AvgIpc) is 3.35. The normalized spacial score (nSPS) is 20.8. The Bertz CT molecular complexity index is 770. The highest BCUT2D eigenvalue weighted by Gasteiger charge is 2.39. The fourth-order valence-electron chi connectivity index (χ4n) is 3.16. The van der Waals surface area contributed by atoms with E-state index in [1.165, 1.54) is 12.0 Å². The minimum absolute atomic E-state index is 0.0167. The van der Waals surface area contributed by atoms with E-state index in [9.17, 15) is 4.79 Å². The molecular formula is C16H15N5O2. The second kappa shape index (κ2) is 5.68. The number of nitrogens with one attached hydrogen (secondary N) is 1. The van der Waals surface area contributed by atoms with Gasteiger partial charge in [-0.05, 0) is 11.6 Å². The smallest absolute Gasteiger partial charge is 0.271 e. The predicted molar refractivity (Wildman–Crippen MR) is 80.7 cm³/mol. The highest BCUT2D eigenvalue weighted by atomic mass is 16.5. The maximum absolute atomic E-state index is 12.6. The molecule has 116 valence electrons. The number of aromatic nitrogens is 4. The van der Waals surface area contributed by atoms with E-state index in [1.54, 1.807) is 12.3 Å². The molecule has 3 aromatic rings. The molecule has 2 atom stereocenters. The predicted octanol–water partition coefficient (Wildman–Crippen LogP) is 1.82. The number of hydrogen-bond acceptors (Lipinski definition) is 5. The molecular weight excluding hydrogens is 294 g/mol. The molecule has 1 aliphatic heterocycles. The Morgan fingerprint density at radius 2 is 2.00 bits per heavy atom. The number of nitrogens with zero attached hydrogens (tertiary/aromatic N) is 4. The summed E-state index contributed by atoms with van der Waals surface area (Å²) >= 11 is 0. The summed E-state index contributed by atoms with van der Waals surface area (Å²) in [5, 5.41) is 10.6. The zero-order valence-electron chi connectivity index (χ0n) is 12.3. The van der Waals surface area contributed by atoms with Gasteiger partial charge >= 0.3 is 0 Å². The van der Waals surface area contributed by atoms with Gasteiger partial charge in [0.1, 0.15) is 5.69 Å². The molecule has 1 N–H and O–H groups in total. The number of carbonyl (C=O) groups is 1. The van der Waals surface area contributed by atoms with E-state index in [0.717, 1.165) is 0 Å². The number of likely N-dealkylation sites (tertiary alicyclic amines) is 1. The van der Waals surface area contributed by atoms with Crippen molar-refractivity contribution in [2.45, 2.75) is 11.8 Å². The Hall–Kier alpha value is -2.96. The molecule has 2 aromatic heterocycles. The first-order valence-corrected chi connectivity index (χ1v) is 7.43. The number of benzene rings is 1. The van der Waals surface area contributed by atoms with E-state index in [0.29, 0.717) is 24.6 Å². The van der Waals surface area contributed by atoms with Crippen LogP contribution >= 0.6 is 0 Å². The van der Waals surface area contributed by atoms with E-state index in [2.05, 4.69) is 32.5 Å². The highest BCUT2D eigenvalue weighted by Crippen LogP contribution is 2.38. The van der Waals surface area contributed by atoms with Gasteiger partial charge in [0.15, 0.2) is 5.82 Å². The molecule has 0 aliphatic carbocycles. The van der Waals surface area contributed by atoms with Crippen molar-refractivity contribution in [1.82, 2.24) is 25.2 Å². The van der Waals surface area contributed by atoms with Crippen LogP contribution in [0.5, 0.6) is 0 Å². The number of H-pyrrole nitrogens is 1. The Morgan fingerprint density at radius 1 is 1.17 bits per heavy atom. The van der Waals surface area contributed by atoms with Crippen molar-refractivity contribution in [2.24, 2.45) is 0 Å². The number of rotatable bonds is 3. The van der Waals surface area contributed by atoms with Gasteiger partial charge < -0.3 is 9.42 Å². The van der Waals surface area contributed by atoms with Crippen LogP contribution in [0.25, 0.3) is 0 Å². The highest BCUT2D eigenvalue weighted by molar-refractivity contribution is 5.92. The maximum Gasteiger partial charge on any atom is 0.271 e. The zero-order valence-corrected chi connectivity index (χ0v) is 12.3. The number of aromatic amines is 1. The Kier molecular flexibility index (Phi) is 3.38. The molecule has 0 radical (unpaired) electrons. The average molecular weight is 309 g/mol. The second-order valence-electron chi connectivity index (χ2n) is 5.59. The molecule has 1 fully saturated rings. The maximum atomic E-state index is 12.6. The van der Waals surface area contributed by atoms with Gasteiger partial charge in [-0.15, -0.1) is 0 Å². The van der Waals surface area contributed by atoms with Gasteiger partial charge in [-0.3, -0.25) is 9.89 Å². The third-order valence-corrected chi connectivity index (χ3v) is 4.28. The summed E-state index contributed by atoms with van der Waals surface area (Å²) < 4.78 is 4.90. The van der Waals surface area contributed by atoms with E-state index >= 15 is 0 Å². The fraction of sp³-hybridized carbons (Fsp3) is 0.250. The van der Waals surface area contributed by atoms with Crippen LogP contribution in [0.1, 0.15) is 33.7 Å². The van der Waals surface area contributed by atoms with Crippen LogP contribution in [0.2, 0.25) is 0 Å². The van der Waals surface area contributed by atoms with Crippen molar-refractivity contribution in [3.63, 3.8) is 0 Å². The summed E-state index contributed by atoms with van der Waals surface area (Å²) in [7, 11) is 0. The largest absolute Gasteiger partial charge is 0.343 e. The van der Waals surface area contributed by atoms with Crippen LogP contribution in [0.4, 0.5) is 0 Å². The molecule has 0 bridgehead atoms. The van der Waals surface area contributed by atoms with Crippen molar-refractivity contribution in [3.05, 3.63) is 66.1 Å². The SMILES string of the molecule is O=C(c1ccn[nH]1)N1C[C@@H](c2ccccc2)[C@H](c2ncon2)C1. The lowest BCUT2D eigenvalue weighted by Crippen LogP contribution is -2.29. The lowest BCUT2D eigenvalue weighted by molar-refractivity contribution is 0.0783. The van der Waals surface area contributed by atoms with Crippen molar-refractivity contribution in [2.75, 3.05) is 13.1 Å². The molecule has 0 spiro atoms. The van der Waals surface area contributed by atoms with Crippen LogP contribution in [-0.4, -0.2) is 44.2 Å². The minimum Gasteiger partial charge on any atom is -0.343 e. The fourth-order valence-corrected chi connectivity index (χ4v) is 3.16. The first-order chi connectivity index (χ1) is 11.3.